The number of hydrogen-bond donors (Lipinski definition) is 0. The number of halogens is 1. The van der Waals surface area contributed by atoms with Crippen LogP contribution in [0.25, 0.3) is 5.65 Å². The van der Waals surface area contributed by atoms with Crippen molar-refractivity contribution in [2.75, 3.05) is 19.1 Å². The van der Waals surface area contributed by atoms with Crippen LogP contribution in [0.5, 0.6) is 5.75 Å². The van der Waals surface area contributed by atoms with Gasteiger partial charge in [0.05, 0.1) is 18.4 Å². The van der Waals surface area contributed by atoms with Crippen molar-refractivity contribution in [3.8, 4) is 5.75 Å². The van der Waals surface area contributed by atoms with Crippen LogP contribution in [0.4, 0.5) is 10.2 Å². The largest absolute Gasteiger partial charge is 0.493 e. The van der Waals surface area contributed by atoms with Gasteiger partial charge in [0.15, 0.2) is 11.4 Å². The minimum atomic E-state index is -0.543. The minimum absolute atomic E-state index is 0.0277. The fraction of sp³-hybridized carbons (Fsp3) is 0.222. The van der Waals surface area contributed by atoms with Crippen molar-refractivity contribution in [1.29, 1.82) is 0 Å². The molecule has 5 nitrogen and oxygen atoms in total. The summed E-state index contributed by atoms with van der Waals surface area (Å²) in [5.74, 6) is 0.260. The number of imidazole rings is 1. The summed E-state index contributed by atoms with van der Waals surface area (Å²) in [4.78, 5) is 18.7. The molecule has 0 saturated heterocycles. The molecule has 0 unspecified atom stereocenters. The lowest BCUT2D eigenvalue weighted by atomic mass is 10.2. The molecule has 24 heavy (non-hydrogen) atoms. The highest BCUT2D eigenvalue weighted by molar-refractivity contribution is 6.06. The summed E-state index contributed by atoms with van der Waals surface area (Å²) in [6.45, 7) is 1.96. The predicted molar refractivity (Wildman–Crippen MR) is 90.3 cm³/mol. The standard InChI is InChI=1S/C18H18FN3O2/c1-4-14-17(22-11-7-10-15(24-3)16(22)20-14)21(2)18(23)12-8-5-6-9-13(12)19/h5-11H,4H2,1-3H3. The monoisotopic (exact) mass is 327 g/mol. The Kier molecular flexibility index (Phi) is 4.20. The number of carbonyl (C=O) groups is 1. The summed E-state index contributed by atoms with van der Waals surface area (Å²) in [7, 11) is 3.19. The Balaban J connectivity index is 2.14. The molecule has 2 heterocycles. The van der Waals surface area contributed by atoms with E-state index in [0.29, 0.717) is 23.6 Å². The van der Waals surface area contributed by atoms with E-state index < -0.39 is 11.7 Å². The van der Waals surface area contributed by atoms with Gasteiger partial charge in [-0.05, 0) is 30.7 Å². The second-order valence-corrected chi connectivity index (χ2v) is 5.35. The van der Waals surface area contributed by atoms with Crippen molar-refractivity contribution >= 4 is 17.4 Å². The second kappa shape index (κ2) is 6.31. The van der Waals surface area contributed by atoms with E-state index in [2.05, 4.69) is 4.98 Å². The Labute approximate surface area is 139 Å². The molecule has 124 valence electrons. The molecule has 3 aromatic rings. The van der Waals surface area contributed by atoms with Gasteiger partial charge < -0.3 is 4.74 Å². The van der Waals surface area contributed by atoms with Gasteiger partial charge in [-0.15, -0.1) is 0 Å². The van der Waals surface area contributed by atoms with Crippen molar-refractivity contribution in [3.05, 3.63) is 59.7 Å². The SMILES string of the molecule is CCc1nc2c(OC)cccn2c1N(C)C(=O)c1ccccc1F. The van der Waals surface area contributed by atoms with Crippen LogP contribution in [-0.2, 0) is 6.42 Å². The van der Waals surface area contributed by atoms with Crippen LogP contribution in [0.1, 0.15) is 23.0 Å². The summed E-state index contributed by atoms with van der Waals surface area (Å²) in [5.41, 5.74) is 1.40. The molecule has 3 rings (SSSR count). The van der Waals surface area contributed by atoms with E-state index >= 15 is 0 Å². The van der Waals surface area contributed by atoms with Gasteiger partial charge in [0.1, 0.15) is 11.6 Å². The third-order valence-corrected chi connectivity index (χ3v) is 3.94. The smallest absolute Gasteiger partial charge is 0.262 e. The zero-order valence-corrected chi connectivity index (χ0v) is 13.8. The average molecular weight is 327 g/mol. The molecule has 0 spiro atoms. The number of aryl methyl sites for hydroxylation is 1. The molecule has 0 aliphatic carbocycles. The molecule has 0 fully saturated rings. The van der Waals surface area contributed by atoms with E-state index in [0.717, 1.165) is 5.69 Å². The molecule has 0 radical (unpaired) electrons. The molecule has 1 aromatic carbocycles. The number of hydrogen-bond acceptors (Lipinski definition) is 3. The van der Waals surface area contributed by atoms with Crippen LogP contribution in [0.2, 0.25) is 0 Å². The van der Waals surface area contributed by atoms with Gasteiger partial charge in [-0.25, -0.2) is 9.37 Å². The lowest BCUT2D eigenvalue weighted by Crippen LogP contribution is -2.29. The van der Waals surface area contributed by atoms with Crippen molar-refractivity contribution in [1.82, 2.24) is 9.38 Å². The van der Waals surface area contributed by atoms with E-state index in [-0.39, 0.29) is 5.56 Å². The summed E-state index contributed by atoms with van der Waals surface area (Å²) in [6.07, 6.45) is 2.44. The van der Waals surface area contributed by atoms with E-state index in [1.165, 1.54) is 17.0 Å². The molecule has 0 aliphatic rings. The topological polar surface area (TPSA) is 46.8 Å². The van der Waals surface area contributed by atoms with Crippen molar-refractivity contribution in [3.63, 3.8) is 0 Å². The molecule has 0 aliphatic heterocycles. The van der Waals surface area contributed by atoms with Crippen LogP contribution >= 0.6 is 0 Å². The maximum Gasteiger partial charge on any atom is 0.262 e. The zero-order valence-electron chi connectivity index (χ0n) is 13.8. The number of ether oxygens (including phenoxy) is 1. The predicted octanol–water partition coefficient (Wildman–Crippen LogP) is 3.32. The van der Waals surface area contributed by atoms with Gasteiger partial charge in [-0.1, -0.05) is 19.1 Å². The number of anilines is 1. The Morgan fingerprint density at radius 3 is 2.71 bits per heavy atom. The Hall–Kier alpha value is -2.89. The van der Waals surface area contributed by atoms with E-state index in [9.17, 15) is 9.18 Å². The van der Waals surface area contributed by atoms with E-state index in [1.54, 1.807) is 30.7 Å². The Bertz CT molecular complexity index is 904. The highest BCUT2D eigenvalue weighted by Gasteiger charge is 2.23. The van der Waals surface area contributed by atoms with E-state index in [4.69, 9.17) is 4.74 Å². The van der Waals surface area contributed by atoms with Crippen LogP contribution in [0, 0.1) is 5.82 Å². The molecular weight excluding hydrogens is 309 g/mol. The molecule has 0 bridgehead atoms. The van der Waals surface area contributed by atoms with Crippen LogP contribution in [0.15, 0.2) is 42.6 Å². The van der Waals surface area contributed by atoms with Crippen LogP contribution < -0.4 is 9.64 Å². The molecule has 0 saturated carbocycles. The zero-order chi connectivity index (χ0) is 17.3. The fourth-order valence-corrected chi connectivity index (χ4v) is 2.74. The highest BCUT2D eigenvalue weighted by atomic mass is 19.1. The van der Waals surface area contributed by atoms with Crippen LogP contribution in [0.3, 0.4) is 0 Å². The van der Waals surface area contributed by atoms with Crippen molar-refractivity contribution < 1.29 is 13.9 Å². The first kappa shape index (κ1) is 16.0. The Morgan fingerprint density at radius 1 is 1.29 bits per heavy atom. The average Bonchev–Trinajstić information content (AvgIpc) is 2.99. The second-order valence-electron chi connectivity index (χ2n) is 5.35. The summed E-state index contributed by atoms with van der Waals surface area (Å²) >= 11 is 0. The molecule has 0 N–H and O–H groups in total. The van der Waals surface area contributed by atoms with Crippen LogP contribution in [-0.4, -0.2) is 29.4 Å². The number of aromatic nitrogens is 2. The maximum atomic E-state index is 14.0. The van der Waals surface area contributed by atoms with Crippen molar-refractivity contribution in [2.45, 2.75) is 13.3 Å². The molecule has 1 amide bonds. The lowest BCUT2D eigenvalue weighted by Gasteiger charge is -2.18. The van der Waals surface area contributed by atoms with Gasteiger partial charge in [0, 0.05) is 13.2 Å². The normalized spacial score (nSPS) is 10.8. The quantitative estimate of drug-likeness (QED) is 0.738. The number of fused-ring (bicyclic) bond motifs is 1. The Morgan fingerprint density at radius 2 is 2.04 bits per heavy atom. The van der Waals surface area contributed by atoms with Gasteiger partial charge in [-0.2, -0.15) is 0 Å². The number of pyridine rings is 1. The molecule has 2 aromatic heterocycles. The van der Waals surface area contributed by atoms with Crippen molar-refractivity contribution in [2.24, 2.45) is 0 Å². The minimum Gasteiger partial charge on any atom is -0.493 e. The molecule has 0 atom stereocenters. The maximum absolute atomic E-state index is 14.0. The van der Waals surface area contributed by atoms with Gasteiger partial charge >= 0.3 is 0 Å². The molecule has 6 heteroatoms. The first-order valence-corrected chi connectivity index (χ1v) is 7.65. The summed E-state index contributed by atoms with van der Waals surface area (Å²) in [6, 6.07) is 9.58. The van der Waals surface area contributed by atoms with Gasteiger partial charge in [0.2, 0.25) is 0 Å². The fourth-order valence-electron chi connectivity index (χ4n) is 2.74. The number of amides is 1. The number of nitrogens with zero attached hydrogens (tertiary/aromatic N) is 3. The molecular formula is C18H18FN3O2. The first-order chi connectivity index (χ1) is 11.6. The first-order valence-electron chi connectivity index (χ1n) is 7.65. The number of methoxy groups -OCH3 is 1. The number of benzene rings is 1. The summed E-state index contributed by atoms with van der Waals surface area (Å²) in [5, 5.41) is 0. The summed E-state index contributed by atoms with van der Waals surface area (Å²) < 4.78 is 21.1. The highest BCUT2D eigenvalue weighted by Crippen LogP contribution is 2.28. The van der Waals surface area contributed by atoms with E-state index in [1.807, 2.05) is 25.3 Å². The third kappa shape index (κ3) is 2.50. The number of rotatable bonds is 4. The van der Waals surface area contributed by atoms with Gasteiger partial charge in [0.25, 0.3) is 5.91 Å². The third-order valence-electron chi connectivity index (χ3n) is 3.94. The lowest BCUT2D eigenvalue weighted by molar-refractivity contribution is 0.0988. The van der Waals surface area contributed by atoms with Gasteiger partial charge in [-0.3, -0.25) is 14.1 Å². The number of carbonyl (C=O) groups excluding carboxylic acids is 1.